The average molecular weight is 504 g/mol. The summed E-state index contributed by atoms with van der Waals surface area (Å²) < 4.78 is 59.5. The maximum absolute atomic E-state index is 13.5. The summed E-state index contributed by atoms with van der Waals surface area (Å²) in [6, 6.07) is 6.17. The van der Waals surface area contributed by atoms with Crippen molar-refractivity contribution in [2.45, 2.75) is 32.4 Å². The van der Waals surface area contributed by atoms with Crippen LogP contribution in [0.25, 0.3) is 0 Å². The second kappa shape index (κ2) is 11.5. The fourth-order valence-electron chi connectivity index (χ4n) is 3.88. The fraction of sp³-hybridized carbons (Fsp3) is 0.385. The third-order valence-electron chi connectivity index (χ3n) is 5.82. The molecule has 1 saturated heterocycles. The highest BCUT2D eigenvalue weighted by Gasteiger charge is 2.34. The Morgan fingerprint density at radius 2 is 1.78 bits per heavy atom. The van der Waals surface area contributed by atoms with Crippen molar-refractivity contribution in [1.82, 2.24) is 14.9 Å². The number of piperazine rings is 1. The lowest BCUT2D eigenvalue weighted by molar-refractivity contribution is -0.141. The van der Waals surface area contributed by atoms with E-state index in [0.29, 0.717) is 38.5 Å². The number of allylic oxidation sites excluding steroid dienone is 4. The Labute approximate surface area is 208 Å². The molecular weight excluding hydrogens is 474 g/mol. The van der Waals surface area contributed by atoms with Crippen LogP contribution in [0.15, 0.2) is 66.1 Å². The van der Waals surface area contributed by atoms with Crippen LogP contribution in [-0.4, -0.2) is 47.7 Å². The Hall–Kier alpha value is -3.56. The van der Waals surface area contributed by atoms with Gasteiger partial charge in [-0.25, -0.2) is 9.37 Å². The first-order valence-electron chi connectivity index (χ1n) is 12.0. The zero-order chi connectivity index (χ0) is 25.5. The first-order chi connectivity index (χ1) is 17.3. The molecule has 1 N–H and O–H groups in total. The van der Waals surface area contributed by atoms with Crippen molar-refractivity contribution >= 4 is 17.5 Å². The quantitative estimate of drug-likeness (QED) is 0.332. The van der Waals surface area contributed by atoms with Gasteiger partial charge in [-0.1, -0.05) is 19.8 Å². The van der Waals surface area contributed by atoms with Crippen molar-refractivity contribution in [1.29, 1.82) is 0 Å². The average Bonchev–Trinajstić information content (AvgIpc) is 3.30. The molecule has 36 heavy (non-hydrogen) atoms. The number of hydrogen-bond acceptors (Lipinski definition) is 6. The molecule has 0 atom stereocenters. The van der Waals surface area contributed by atoms with Crippen LogP contribution in [0.1, 0.15) is 31.9 Å². The number of ether oxygens (including phenoxy) is 1. The van der Waals surface area contributed by atoms with Crippen molar-refractivity contribution in [2.24, 2.45) is 0 Å². The van der Waals surface area contributed by atoms with Gasteiger partial charge in [0.05, 0.1) is 6.61 Å². The van der Waals surface area contributed by atoms with Gasteiger partial charge in [-0.3, -0.25) is 0 Å². The van der Waals surface area contributed by atoms with Crippen LogP contribution >= 0.6 is 0 Å². The van der Waals surface area contributed by atoms with Gasteiger partial charge in [0.1, 0.15) is 17.4 Å². The minimum Gasteiger partial charge on any atom is -0.494 e. The third-order valence-corrected chi connectivity index (χ3v) is 5.82. The number of halogens is 4. The van der Waals surface area contributed by atoms with Crippen molar-refractivity contribution in [3.63, 3.8) is 0 Å². The lowest BCUT2D eigenvalue weighted by Gasteiger charge is -2.34. The highest BCUT2D eigenvalue weighted by atomic mass is 19.4. The number of alkyl halides is 3. The van der Waals surface area contributed by atoms with Crippen LogP contribution < -0.4 is 10.2 Å². The highest BCUT2D eigenvalue weighted by Crippen LogP contribution is 2.31. The molecule has 0 amide bonds. The molecule has 0 unspecified atom stereocenters. The number of anilines is 3. The summed E-state index contributed by atoms with van der Waals surface area (Å²) in [5.74, 6) is 0.405. The number of nitrogens with one attached hydrogen (secondary N) is 1. The van der Waals surface area contributed by atoms with E-state index in [1.54, 1.807) is 4.90 Å². The number of benzene rings is 1. The summed E-state index contributed by atoms with van der Waals surface area (Å²) in [5, 5.41) is 2.82. The van der Waals surface area contributed by atoms with Gasteiger partial charge in [0.15, 0.2) is 5.69 Å². The van der Waals surface area contributed by atoms with Crippen LogP contribution in [-0.2, 0) is 10.9 Å². The topological polar surface area (TPSA) is 53.5 Å². The number of hydrogen-bond donors (Lipinski definition) is 1. The van der Waals surface area contributed by atoms with Crippen LogP contribution in [0, 0.1) is 5.82 Å². The molecule has 1 aliphatic carbocycles. The van der Waals surface area contributed by atoms with Gasteiger partial charge in [-0.15, -0.1) is 0 Å². The molecule has 192 valence electrons. The molecule has 2 heterocycles. The number of unbranched alkanes of at least 4 members (excludes halogenated alkanes) is 2. The summed E-state index contributed by atoms with van der Waals surface area (Å²) in [5.41, 5.74) is 0.418. The SMILES string of the molecule is CCCCCOC1=C/C(=C\N2CCN(c3nc(Nc4ccc(F)cc4)cc(C(F)(F)F)n3)CC2)C=C1. The minimum atomic E-state index is -4.62. The molecule has 1 aromatic heterocycles. The van der Waals surface area contributed by atoms with E-state index in [-0.39, 0.29) is 11.8 Å². The number of aromatic nitrogens is 2. The molecule has 2 aromatic rings. The molecule has 1 fully saturated rings. The zero-order valence-electron chi connectivity index (χ0n) is 20.1. The Morgan fingerprint density at radius 3 is 2.47 bits per heavy atom. The van der Waals surface area contributed by atoms with Crippen molar-refractivity contribution in [3.8, 4) is 0 Å². The molecule has 0 bridgehead atoms. The van der Waals surface area contributed by atoms with E-state index in [0.717, 1.165) is 36.7 Å². The Morgan fingerprint density at radius 1 is 1.03 bits per heavy atom. The van der Waals surface area contributed by atoms with Gasteiger partial charge in [0.2, 0.25) is 5.95 Å². The Balaban J connectivity index is 1.40. The number of rotatable bonds is 9. The van der Waals surface area contributed by atoms with E-state index in [1.807, 2.05) is 24.4 Å². The Kier molecular flexibility index (Phi) is 8.12. The molecule has 0 spiro atoms. The molecule has 10 heteroatoms. The van der Waals surface area contributed by atoms with Gasteiger partial charge in [0, 0.05) is 44.1 Å². The van der Waals surface area contributed by atoms with Crippen molar-refractivity contribution in [3.05, 3.63) is 77.6 Å². The molecule has 1 aromatic carbocycles. The summed E-state index contributed by atoms with van der Waals surface area (Å²) in [6.45, 7) is 5.00. The third kappa shape index (κ3) is 6.99. The molecule has 4 rings (SSSR count). The summed E-state index contributed by atoms with van der Waals surface area (Å²) >= 11 is 0. The van der Waals surface area contributed by atoms with E-state index in [1.165, 1.54) is 24.3 Å². The summed E-state index contributed by atoms with van der Waals surface area (Å²) in [4.78, 5) is 12.0. The second-order valence-electron chi connectivity index (χ2n) is 8.66. The lowest BCUT2D eigenvalue weighted by atomic mass is 10.2. The highest BCUT2D eigenvalue weighted by molar-refractivity contribution is 5.58. The molecule has 6 nitrogen and oxygen atoms in total. The van der Waals surface area contributed by atoms with Gasteiger partial charge in [-0.2, -0.15) is 18.2 Å². The van der Waals surface area contributed by atoms with Crippen LogP contribution in [0.4, 0.5) is 35.0 Å². The van der Waals surface area contributed by atoms with Crippen LogP contribution in [0.3, 0.4) is 0 Å². The largest absolute Gasteiger partial charge is 0.494 e. The first kappa shape index (κ1) is 25.5. The predicted molar refractivity (Wildman–Crippen MR) is 131 cm³/mol. The first-order valence-corrected chi connectivity index (χ1v) is 12.0. The predicted octanol–water partition coefficient (Wildman–Crippen LogP) is 6.04. The van der Waals surface area contributed by atoms with Crippen molar-refractivity contribution < 1.29 is 22.3 Å². The van der Waals surface area contributed by atoms with Crippen molar-refractivity contribution in [2.75, 3.05) is 43.0 Å². The molecule has 2 aliphatic rings. The lowest BCUT2D eigenvalue weighted by Crippen LogP contribution is -2.45. The normalized spacial score (nSPS) is 17.0. The summed E-state index contributed by atoms with van der Waals surface area (Å²) in [7, 11) is 0. The molecule has 0 radical (unpaired) electrons. The van der Waals surface area contributed by atoms with E-state index in [4.69, 9.17) is 4.74 Å². The van der Waals surface area contributed by atoms with E-state index >= 15 is 0 Å². The van der Waals surface area contributed by atoms with Crippen LogP contribution in [0.2, 0.25) is 0 Å². The van der Waals surface area contributed by atoms with Gasteiger partial charge >= 0.3 is 6.18 Å². The minimum absolute atomic E-state index is 0.00354. The molecular formula is C26H29F4N5O. The van der Waals surface area contributed by atoms with Gasteiger partial charge in [-0.05, 0) is 54.5 Å². The van der Waals surface area contributed by atoms with Gasteiger partial charge < -0.3 is 19.9 Å². The maximum atomic E-state index is 13.5. The van der Waals surface area contributed by atoms with E-state index in [2.05, 4.69) is 27.1 Å². The molecule has 1 aliphatic heterocycles. The second-order valence-corrected chi connectivity index (χ2v) is 8.66. The number of nitrogens with zero attached hydrogens (tertiary/aromatic N) is 4. The monoisotopic (exact) mass is 503 g/mol. The van der Waals surface area contributed by atoms with Gasteiger partial charge in [0.25, 0.3) is 0 Å². The maximum Gasteiger partial charge on any atom is 0.433 e. The Bertz CT molecular complexity index is 1120. The smallest absolute Gasteiger partial charge is 0.433 e. The van der Waals surface area contributed by atoms with E-state index in [9.17, 15) is 17.6 Å². The van der Waals surface area contributed by atoms with E-state index < -0.39 is 17.7 Å². The summed E-state index contributed by atoms with van der Waals surface area (Å²) in [6.07, 6.45) is 6.65. The zero-order valence-corrected chi connectivity index (χ0v) is 20.1. The molecule has 0 saturated carbocycles. The fourth-order valence-corrected chi connectivity index (χ4v) is 3.88. The standard InChI is InChI=1S/C26H29F4N5O/c1-2-3-4-15-36-22-10-5-19(16-22)18-34-11-13-35(14-12-34)25-32-23(26(28,29)30)17-24(33-25)31-21-8-6-20(27)7-9-21/h5-10,16-18H,2-4,11-15H2,1H3,(H,31,32,33)/b19-18-. The van der Waals surface area contributed by atoms with Crippen LogP contribution in [0.5, 0.6) is 0 Å².